The molecule has 3 heteroatoms. The van der Waals surface area contributed by atoms with Gasteiger partial charge in [0.2, 0.25) is 0 Å². The van der Waals surface area contributed by atoms with Gasteiger partial charge in [0.15, 0.2) is 0 Å². The Balaban J connectivity index is 2.09. The fraction of sp³-hybridized carbons (Fsp3) is 0.400. The third-order valence-electron chi connectivity index (χ3n) is 3.70. The van der Waals surface area contributed by atoms with Crippen LogP contribution in [-0.4, -0.2) is 18.2 Å². The number of nitrogens with zero attached hydrogens (tertiary/aromatic N) is 1. The minimum absolute atomic E-state index is 0.0679. The molecule has 0 spiro atoms. The molecular formula is C15H17NOS. The van der Waals surface area contributed by atoms with Crippen LogP contribution in [0.1, 0.15) is 28.3 Å². The summed E-state index contributed by atoms with van der Waals surface area (Å²) in [6.07, 6.45) is 4.05. The van der Waals surface area contributed by atoms with Crippen molar-refractivity contribution in [3.05, 3.63) is 52.0 Å². The molecular weight excluding hydrogens is 242 g/mol. The van der Waals surface area contributed by atoms with Crippen LogP contribution in [0.15, 0.2) is 36.5 Å². The van der Waals surface area contributed by atoms with Crippen LogP contribution in [0.5, 0.6) is 0 Å². The van der Waals surface area contributed by atoms with Crippen LogP contribution in [0, 0.1) is 6.92 Å². The van der Waals surface area contributed by atoms with Crippen LogP contribution < -0.4 is 0 Å². The Kier molecular flexibility index (Phi) is 3.18. The molecule has 0 radical (unpaired) electrons. The quantitative estimate of drug-likeness (QED) is 0.823. The van der Waals surface area contributed by atoms with E-state index in [1.165, 1.54) is 15.4 Å². The number of aromatic nitrogens is 1. The van der Waals surface area contributed by atoms with Gasteiger partial charge in [0.1, 0.15) is 5.01 Å². The lowest BCUT2D eigenvalue weighted by Crippen LogP contribution is -2.34. The van der Waals surface area contributed by atoms with Gasteiger partial charge in [0, 0.05) is 24.3 Å². The molecule has 1 aliphatic rings. The predicted octanol–water partition coefficient (Wildman–Crippen LogP) is 3.55. The average Bonchev–Trinajstić information content (AvgIpc) is 2.88. The maximum atomic E-state index is 5.55. The Morgan fingerprint density at radius 1 is 1.17 bits per heavy atom. The minimum Gasteiger partial charge on any atom is -0.381 e. The summed E-state index contributed by atoms with van der Waals surface area (Å²) in [6.45, 7) is 3.78. The summed E-state index contributed by atoms with van der Waals surface area (Å²) in [7, 11) is 0. The topological polar surface area (TPSA) is 22.1 Å². The highest BCUT2D eigenvalue weighted by atomic mass is 32.1. The lowest BCUT2D eigenvalue weighted by atomic mass is 9.75. The Morgan fingerprint density at radius 3 is 2.50 bits per heavy atom. The number of benzene rings is 1. The van der Waals surface area contributed by atoms with Crippen molar-refractivity contribution in [1.29, 1.82) is 0 Å². The summed E-state index contributed by atoms with van der Waals surface area (Å²) in [5.41, 5.74) is 1.45. The van der Waals surface area contributed by atoms with E-state index in [0.29, 0.717) is 0 Å². The first-order valence-corrected chi connectivity index (χ1v) is 7.19. The van der Waals surface area contributed by atoms with Crippen molar-refractivity contribution in [1.82, 2.24) is 4.98 Å². The second kappa shape index (κ2) is 4.82. The summed E-state index contributed by atoms with van der Waals surface area (Å²) in [5.74, 6) is 0. The number of thiazole rings is 1. The standard InChI is InChI=1S/C15H17NOS/c1-12-11-16-14(18-12)15(7-9-17-10-8-15)13-5-3-2-4-6-13/h2-6,11H,7-10H2,1H3. The Hall–Kier alpha value is -1.19. The molecule has 0 saturated carbocycles. The largest absolute Gasteiger partial charge is 0.381 e. The van der Waals surface area contributed by atoms with Gasteiger partial charge in [-0.15, -0.1) is 11.3 Å². The normalized spacial score (nSPS) is 18.7. The lowest BCUT2D eigenvalue weighted by Gasteiger charge is -2.36. The zero-order valence-corrected chi connectivity index (χ0v) is 11.4. The molecule has 3 rings (SSSR count). The van der Waals surface area contributed by atoms with Crippen LogP contribution >= 0.6 is 11.3 Å². The molecule has 0 aliphatic carbocycles. The molecule has 1 fully saturated rings. The van der Waals surface area contributed by atoms with Gasteiger partial charge in [-0.1, -0.05) is 30.3 Å². The molecule has 0 unspecified atom stereocenters. The van der Waals surface area contributed by atoms with Crippen molar-refractivity contribution in [2.45, 2.75) is 25.2 Å². The van der Waals surface area contributed by atoms with Crippen LogP contribution in [0.2, 0.25) is 0 Å². The van der Waals surface area contributed by atoms with Gasteiger partial charge < -0.3 is 4.74 Å². The molecule has 0 bridgehead atoms. The lowest BCUT2D eigenvalue weighted by molar-refractivity contribution is 0.0630. The average molecular weight is 259 g/mol. The Labute approximate surface area is 112 Å². The first-order valence-electron chi connectivity index (χ1n) is 6.37. The molecule has 1 aliphatic heterocycles. The second-order valence-corrected chi connectivity index (χ2v) is 6.07. The van der Waals surface area contributed by atoms with E-state index >= 15 is 0 Å². The van der Waals surface area contributed by atoms with Gasteiger partial charge in [0.05, 0.1) is 5.41 Å². The minimum atomic E-state index is 0.0679. The Morgan fingerprint density at radius 2 is 1.89 bits per heavy atom. The molecule has 0 amide bonds. The zero-order valence-electron chi connectivity index (χ0n) is 10.6. The second-order valence-electron chi connectivity index (χ2n) is 4.84. The van der Waals surface area contributed by atoms with Gasteiger partial charge >= 0.3 is 0 Å². The fourth-order valence-electron chi connectivity index (χ4n) is 2.68. The third kappa shape index (κ3) is 1.98. The summed E-state index contributed by atoms with van der Waals surface area (Å²) < 4.78 is 5.55. The summed E-state index contributed by atoms with van der Waals surface area (Å²) in [4.78, 5) is 5.94. The number of ether oxygens (including phenoxy) is 1. The van der Waals surface area contributed by atoms with Crippen molar-refractivity contribution in [3.63, 3.8) is 0 Å². The highest BCUT2D eigenvalue weighted by Crippen LogP contribution is 2.42. The fourth-order valence-corrected chi connectivity index (χ4v) is 3.71. The van der Waals surface area contributed by atoms with E-state index in [4.69, 9.17) is 4.74 Å². The molecule has 18 heavy (non-hydrogen) atoms. The van der Waals surface area contributed by atoms with Crippen LogP contribution in [-0.2, 0) is 10.2 Å². The van der Waals surface area contributed by atoms with Gasteiger partial charge in [-0.05, 0) is 25.3 Å². The van der Waals surface area contributed by atoms with Crippen molar-refractivity contribution in [2.75, 3.05) is 13.2 Å². The number of hydrogen-bond donors (Lipinski definition) is 0. The van der Waals surface area contributed by atoms with Crippen LogP contribution in [0.3, 0.4) is 0 Å². The molecule has 1 aromatic heterocycles. The van der Waals surface area contributed by atoms with Gasteiger partial charge in [-0.2, -0.15) is 0 Å². The van der Waals surface area contributed by atoms with E-state index in [2.05, 4.69) is 42.2 Å². The van der Waals surface area contributed by atoms with E-state index in [1.54, 1.807) is 0 Å². The van der Waals surface area contributed by atoms with Crippen molar-refractivity contribution in [3.8, 4) is 0 Å². The molecule has 2 nitrogen and oxygen atoms in total. The number of rotatable bonds is 2. The van der Waals surface area contributed by atoms with Gasteiger partial charge in [-0.25, -0.2) is 4.98 Å². The Bertz CT molecular complexity index is 514. The first-order chi connectivity index (χ1) is 8.81. The highest BCUT2D eigenvalue weighted by Gasteiger charge is 2.38. The summed E-state index contributed by atoms with van der Waals surface area (Å²) >= 11 is 1.82. The predicted molar refractivity (Wildman–Crippen MR) is 74.1 cm³/mol. The zero-order chi connectivity index (χ0) is 12.4. The molecule has 94 valence electrons. The van der Waals surface area contributed by atoms with Gasteiger partial charge in [0.25, 0.3) is 0 Å². The maximum absolute atomic E-state index is 5.55. The molecule has 2 aromatic rings. The van der Waals surface area contributed by atoms with Gasteiger partial charge in [-0.3, -0.25) is 0 Å². The first kappa shape index (κ1) is 11.9. The van der Waals surface area contributed by atoms with E-state index in [9.17, 15) is 0 Å². The molecule has 0 N–H and O–H groups in total. The number of hydrogen-bond acceptors (Lipinski definition) is 3. The molecule has 0 atom stereocenters. The third-order valence-corrected chi connectivity index (χ3v) is 4.82. The number of aryl methyl sites for hydroxylation is 1. The van der Waals surface area contributed by atoms with Crippen molar-refractivity contribution < 1.29 is 4.74 Å². The molecule has 2 heterocycles. The molecule has 1 aromatic carbocycles. The van der Waals surface area contributed by atoms with E-state index in [1.807, 2.05) is 17.5 Å². The monoisotopic (exact) mass is 259 g/mol. The van der Waals surface area contributed by atoms with Crippen LogP contribution in [0.4, 0.5) is 0 Å². The van der Waals surface area contributed by atoms with Crippen LogP contribution in [0.25, 0.3) is 0 Å². The van der Waals surface area contributed by atoms with E-state index < -0.39 is 0 Å². The smallest absolute Gasteiger partial charge is 0.103 e. The molecule has 1 saturated heterocycles. The summed E-state index contributed by atoms with van der Waals surface area (Å²) in [5, 5.41) is 1.24. The van der Waals surface area contributed by atoms with E-state index in [0.717, 1.165) is 26.1 Å². The SMILES string of the molecule is Cc1cnc(C2(c3ccccc3)CCOCC2)s1. The van der Waals surface area contributed by atoms with Crippen molar-refractivity contribution in [2.24, 2.45) is 0 Å². The highest BCUT2D eigenvalue weighted by molar-refractivity contribution is 7.11. The maximum Gasteiger partial charge on any atom is 0.103 e. The van der Waals surface area contributed by atoms with E-state index in [-0.39, 0.29) is 5.41 Å². The summed E-state index contributed by atoms with van der Waals surface area (Å²) in [6, 6.07) is 10.8. The van der Waals surface area contributed by atoms with Crippen molar-refractivity contribution >= 4 is 11.3 Å².